The van der Waals surface area contributed by atoms with Crippen LogP contribution in [0.5, 0.6) is 0 Å². The molecular formula is C17H20FN3O3S. The van der Waals surface area contributed by atoms with E-state index in [2.05, 4.69) is 10.4 Å². The molecule has 0 unspecified atom stereocenters. The van der Waals surface area contributed by atoms with Gasteiger partial charge in [0.1, 0.15) is 11.5 Å². The molecule has 0 aliphatic heterocycles. The van der Waals surface area contributed by atoms with Gasteiger partial charge in [-0.1, -0.05) is 18.2 Å². The number of carbonyl (C=O) groups is 1. The first kappa shape index (κ1) is 19.1. The number of benzene rings is 1. The molecule has 1 N–H and O–H groups in total. The van der Waals surface area contributed by atoms with E-state index in [0.717, 1.165) is 0 Å². The summed E-state index contributed by atoms with van der Waals surface area (Å²) in [6, 6.07) is 9.33. The van der Waals surface area contributed by atoms with Crippen LogP contribution in [0.25, 0.3) is 0 Å². The van der Waals surface area contributed by atoms with Crippen molar-refractivity contribution in [3.05, 3.63) is 63.8 Å². The fraction of sp³-hybridized carbons (Fsp3) is 0.353. The molecule has 25 heavy (non-hydrogen) atoms. The van der Waals surface area contributed by atoms with Crippen molar-refractivity contribution in [2.45, 2.75) is 12.3 Å². The summed E-state index contributed by atoms with van der Waals surface area (Å²) in [7, 11) is 1.53. The third-order valence-electron chi connectivity index (χ3n) is 3.35. The molecule has 0 radical (unpaired) electrons. The van der Waals surface area contributed by atoms with Crippen molar-refractivity contribution in [2.75, 3.05) is 26.0 Å². The topological polar surface area (TPSA) is 73.2 Å². The normalized spacial score (nSPS) is 10.6. The standard InChI is InChI=1S/C17H20FN3O3S/c1-24-10-9-21-16(22)7-6-15(20-21)17(23)19-8-11-25-12-13-4-2-3-5-14(13)18/h2-7H,8-12H2,1H3,(H,19,23). The van der Waals surface area contributed by atoms with Crippen molar-refractivity contribution in [2.24, 2.45) is 0 Å². The molecule has 1 aromatic heterocycles. The number of nitrogens with one attached hydrogen (secondary N) is 1. The third-order valence-corrected chi connectivity index (χ3v) is 4.36. The van der Waals surface area contributed by atoms with Crippen molar-refractivity contribution in [3.63, 3.8) is 0 Å². The first-order valence-electron chi connectivity index (χ1n) is 7.78. The van der Waals surface area contributed by atoms with E-state index in [4.69, 9.17) is 4.74 Å². The molecule has 0 bridgehead atoms. The van der Waals surface area contributed by atoms with Crippen LogP contribution < -0.4 is 10.9 Å². The van der Waals surface area contributed by atoms with Gasteiger partial charge in [0.2, 0.25) is 0 Å². The lowest BCUT2D eigenvalue weighted by molar-refractivity contribution is 0.0947. The molecule has 1 aromatic carbocycles. The van der Waals surface area contributed by atoms with Crippen LogP contribution in [0.2, 0.25) is 0 Å². The second-order valence-electron chi connectivity index (χ2n) is 5.17. The van der Waals surface area contributed by atoms with E-state index >= 15 is 0 Å². The van der Waals surface area contributed by atoms with Crippen LogP contribution in [0.4, 0.5) is 4.39 Å². The van der Waals surface area contributed by atoms with Gasteiger partial charge >= 0.3 is 0 Å². The molecule has 8 heteroatoms. The van der Waals surface area contributed by atoms with E-state index in [1.165, 1.54) is 41.8 Å². The number of aromatic nitrogens is 2. The quantitative estimate of drug-likeness (QED) is 0.685. The minimum Gasteiger partial charge on any atom is -0.383 e. The van der Waals surface area contributed by atoms with Crippen molar-refractivity contribution in [3.8, 4) is 0 Å². The van der Waals surface area contributed by atoms with E-state index < -0.39 is 0 Å². The lowest BCUT2D eigenvalue weighted by atomic mass is 10.2. The Hall–Kier alpha value is -2.19. The minimum atomic E-state index is -0.349. The summed E-state index contributed by atoms with van der Waals surface area (Å²) in [5.74, 6) is 0.616. The summed E-state index contributed by atoms with van der Waals surface area (Å²) in [6.07, 6.45) is 0. The lowest BCUT2D eigenvalue weighted by Gasteiger charge is -2.08. The molecule has 0 aliphatic carbocycles. The maximum Gasteiger partial charge on any atom is 0.271 e. The number of thioether (sulfide) groups is 1. The van der Waals surface area contributed by atoms with E-state index in [0.29, 0.717) is 30.2 Å². The van der Waals surface area contributed by atoms with E-state index in [9.17, 15) is 14.0 Å². The minimum absolute atomic E-state index is 0.176. The highest BCUT2D eigenvalue weighted by molar-refractivity contribution is 7.98. The van der Waals surface area contributed by atoms with Gasteiger partial charge in [-0.2, -0.15) is 16.9 Å². The molecule has 0 atom stereocenters. The van der Waals surface area contributed by atoms with Crippen LogP contribution in [0.3, 0.4) is 0 Å². The molecule has 1 amide bonds. The van der Waals surface area contributed by atoms with Gasteiger partial charge in [-0.25, -0.2) is 9.07 Å². The highest BCUT2D eigenvalue weighted by Gasteiger charge is 2.09. The second-order valence-corrected chi connectivity index (χ2v) is 6.28. The maximum atomic E-state index is 13.5. The van der Waals surface area contributed by atoms with Gasteiger partial charge < -0.3 is 10.1 Å². The Morgan fingerprint density at radius 1 is 1.32 bits per heavy atom. The second kappa shape index (κ2) is 9.95. The predicted molar refractivity (Wildman–Crippen MR) is 95.3 cm³/mol. The molecule has 0 saturated carbocycles. The van der Waals surface area contributed by atoms with Gasteiger partial charge in [-0.3, -0.25) is 9.59 Å². The van der Waals surface area contributed by atoms with Crippen LogP contribution in [0, 0.1) is 5.82 Å². The Kier molecular flexibility index (Phi) is 7.62. The van der Waals surface area contributed by atoms with Gasteiger partial charge in [0.05, 0.1) is 13.2 Å². The SMILES string of the molecule is COCCn1nc(C(=O)NCCSCc2ccccc2F)ccc1=O. The average molecular weight is 365 g/mol. The molecule has 1 heterocycles. The van der Waals surface area contributed by atoms with Gasteiger partial charge in [-0.05, 0) is 17.7 Å². The average Bonchev–Trinajstić information content (AvgIpc) is 2.62. The Labute approximate surface area is 149 Å². The molecule has 0 aliphatic rings. The number of hydrogen-bond acceptors (Lipinski definition) is 5. The molecule has 6 nitrogen and oxygen atoms in total. The molecule has 2 rings (SSSR count). The number of halogens is 1. The van der Waals surface area contributed by atoms with Gasteiger partial charge in [0, 0.05) is 31.2 Å². The lowest BCUT2D eigenvalue weighted by Crippen LogP contribution is -2.31. The summed E-state index contributed by atoms with van der Waals surface area (Å²) in [5, 5.41) is 6.76. The number of methoxy groups -OCH3 is 1. The Morgan fingerprint density at radius 2 is 2.12 bits per heavy atom. The van der Waals surface area contributed by atoms with Crippen molar-refractivity contribution in [1.29, 1.82) is 0 Å². The summed E-state index contributed by atoms with van der Waals surface area (Å²) < 4.78 is 19.6. The number of nitrogens with zero attached hydrogens (tertiary/aromatic N) is 2. The summed E-state index contributed by atoms with van der Waals surface area (Å²) in [4.78, 5) is 23.7. The predicted octanol–water partition coefficient (Wildman–Crippen LogP) is 1.69. The van der Waals surface area contributed by atoms with Crippen molar-refractivity contribution in [1.82, 2.24) is 15.1 Å². The zero-order valence-corrected chi connectivity index (χ0v) is 14.7. The van der Waals surface area contributed by atoms with E-state index in [-0.39, 0.29) is 29.5 Å². The molecule has 0 spiro atoms. The highest BCUT2D eigenvalue weighted by Crippen LogP contribution is 2.14. The zero-order valence-electron chi connectivity index (χ0n) is 13.9. The Balaban J connectivity index is 1.78. The molecule has 134 valence electrons. The van der Waals surface area contributed by atoms with Crippen LogP contribution in [-0.4, -0.2) is 41.7 Å². The summed E-state index contributed by atoms with van der Waals surface area (Å²) >= 11 is 1.53. The van der Waals surface area contributed by atoms with Crippen molar-refractivity contribution >= 4 is 17.7 Å². The third kappa shape index (κ3) is 5.99. The monoisotopic (exact) mass is 365 g/mol. The van der Waals surface area contributed by atoms with Crippen LogP contribution in [0.15, 0.2) is 41.2 Å². The largest absolute Gasteiger partial charge is 0.383 e. The zero-order chi connectivity index (χ0) is 18.1. The highest BCUT2D eigenvalue weighted by atomic mass is 32.2. The van der Waals surface area contributed by atoms with Crippen LogP contribution in [-0.2, 0) is 17.0 Å². The van der Waals surface area contributed by atoms with Crippen molar-refractivity contribution < 1.29 is 13.9 Å². The first-order chi connectivity index (χ1) is 12.1. The molecule has 2 aromatic rings. The fourth-order valence-corrected chi connectivity index (χ4v) is 2.88. The number of ether oxygens (including phenoxy) is 1. The van der Waals surface area contributed by atoms with Crippen LogP contribution in [0.1, 0.15) is 16.1 Å². The first-order valence-corrected chi connectivity index (χ1v) is 8.93. The molecular weight excluding hydrogens is 345 g/mol. The number of carbonyl (C=O) groups excluding carboxylic acids is 1. The maximum absolute atomic E-state index is 13.5. The summed E-state index contributed by atoms with van der Waals surface area (Å²) in [6.45, 7) is 1.05. The fourth-order valence-electron chi connectivity index (χ4n) is 2.03. The smallest absolute Gasteiger partial charge is 0.271 e. The van der Waals surface area contributed by atoms with E-state index in [1.807, 2.05) is 0 Å². The van der Waals surface area contributed by atoms with Gasteiger partial charge in [-0.15, -0.1) is 0 Å². The summed E-state index contributed by atoms with van der Waals surface area (Å²) in [5.41, 5.74) is 0.537. The van der Waals surface area contributed by atoms with Gasteiger partial charge in [0.25, 0.3) is 11.5 Å². The van der Waals surface area contributed by atoms with Crippen LogP contribution >= 0.6 is 11.8 Å². The number of amides is 1. The van der Waals surface area contributed by atoms with E-state index in [1.54, 1.807) is 18.2 Å². The Bertz CT molecular complexity index is 767. The molecule has 0 fully saturated rings. The number of hydrogen-bond donors (Lipinski definition) is 1. The Morgan fingerprint density at radius 3 is 2.88 bits per heavy atom. The van der Waals surface area contributed by atoms with Gasteiger partial charge in [0.15, 0.2) is 0 Å². The molecule has 0 saturated heterocycles. The number of rotatable bonds is 9.